The van der Waals surface area contributed by atoms with Gasteiger partial charge in [0.25, 0.3) is 0 Å². The van der Waals surface area contributed by atoms with Gasteiger partial charge in [0.2, 0.25) is 0 Å². The predicted octanol–water partition coefficient (Wildman–Crippen LogP) is 3.05. The van der Waals surface area contributed by atoms with E-state index in [0.29, 0.717) is 12.0 Å². The molecule has 0 spiro atoms. The average molecular weight is 253 g/mol. The van der Waals surface area contributed by atoms with Crippen LogP contribution in [0.5, 0.6) is 0 Å². The smallest absolute Gasteiger partial charge is 0.306 e. The summed E-state index contributed by atoms with van der Waals surface area (Å²) in [5.74, 6) is 0.497. The Kier molecular flexibility index (Phi) is 5.04. The van der Waals surface area contributed by atoms with Crippen molar-refractivity contribution in [3.05, 3.63) is 0 Å². The van der Waals surface area contributed by atoms with Crippen LogP contribution in [0.25, 0.3) is 0 Å². The molecule has 0 aromatic heterocycles. The normalized spacial score (nSPS) is 37.4. The van der Waals surface area contributed by atoms with Crippen LogP contribution in [0.2, 0.25) is 0 Å². The third-order valence-corrected chi connectivity index (χ3v) is 4.83. The maximum Gasteiger partial charge on any atom is 0.306 e. The fourth-order valence-corrected chi connectivity index (χ4v) is 3.71. The highest BCUT2D eigenvalue weighted by Crippen LogP contribution is 2.30. The summed E-state index contributed by atoms with van der Waals surface area (Å²) in [6.45, 7) is 3.24. The molecular formula is C15H27NO2. The van der Waals surface area contributed by atoms with Crippen molar-refractivity contribution in [3.63, 3.8) is 0 Å². The molecule has 4 unspecified atom stereocenters. The van der Waals surface area contributed by atoms with Crippen LogP contribution in [-0.2, 0) is 4.79 Å². The van der Waals surface area contributed by atoms with Crippen molar-refractivity contribution in [1.82, 2.24) is 5.32 Å². The van der Waals surface area contributed by atoms with Crippen LogP contribution >= 0.6 is 0 Å². The molecule has 0 bridgehead atoms. The first-order valence-electron chi connectivity index (χ1n) is 7.63. The summed E-state index contributed by atoms with van der Waals surface area (Å²) in [5, 5.41) is 12.9. The van der Waals surface area contributed by atoms with Crippen molar-refractivity contribution in [1.29, 1.82) is 0 Å². The van der Waals surface area contributed by atoms with Gasteiger partial charge in [-0.05, 0) is 44.1 Å². The van der Waals surface area contributed by atoms with E-state index in [2.05, 4.69) is 12.2 Å². The highest BCUT2D eigenvalue weighted by molar-refractivity contribution is 5.70. The molecule has 0 radical (unpaired) electrons. The molecule has 2 fully saturated rings. The first-order chi connectivity index (χ1) is 8.66. The van der Waals surface area contributed by atoms with Gasteiger partial charge in [0.15, 0.2) is 0 Å². The summed E-state index contributed by atoms with van der Waals surface area (Å²) in [6.07, 6.45) is 9.49. The van der Waals surface area contributed by atoms with E-state index < -0.39 is 5.97 Å². The van der Waals surface area contributed by atoms with Gasteiger partial charge < -0.3 is 10.4 Å². The lowest BCUT2D eigenvalue weighted by Crippen LogP contribution is -2.40. The van der Waals surface area contributed by atoms with Gasteiger partial charge >= 0.3 is 5.97 Å². The van der Waals surface area contributed by atoms with Crippen LogP contribution in [0.3, 0.4) is 0 Å². The topological polar surface area (TPSA) is 49.3 Å². The molecule has 3 nitrogen and oxygen atoms in total. The van der Waals surface area contributed by atoms with Crippen LogP contribution < -0.4 is 5.32 Å². The molecule has 0 amide bonds. The van der Waals surface area contributed by atoms with Crippen LogP contribution in [-0.4, -0.2) is 23.7 Å². The number of carboxylic acids is 1. The molecule has 2 N–H and O–H groups in total. The lowest BCUT2D eigenvalue weighted by atomic mass is 9.78. The molecule has 0 aromatic rings. The van der Waals surface area contributed by atoms with E-state index in [1.807, 2.05) is 0 Å². The Bertz CT molecular complexity index is 280. The van der Waals surface area contributed by atoms with E-state index in [9.17, 15) is 9.90 Å². The van der Waals surface area contributed by atoms with E-state index in [4.69, 9.17) is 0 Å². The maximum absolute atomic E-state index is 11.2. The molecule has 4 atom stereocenters. The minimum atomic E-state index is -0.585. The number of carboxylic acid groups (broad SMARTS) is 1. The summed E-state index contributed by atoms with van der Waals surface area (Å²) in [4.78, 5) is 11.2. The van der Waals surface area contributed by atoms with Crippen molar-refractivity contribution in [2.24, 2.45) is 17.8 Å². The highest BCUT2D eigenvalue weighted by atomic mass is 16.4. The average Bonchev–Trinajstić information content (AvgIpc) is 2.37. The number of nitrogens with one attached hydrogen (secondary N) is 1. The van der Waals surface area contributed by atoms with Gasteiger partial charge in [-0.15, -0.1) is 0 Å². The fraction of sp³-hybridized carbons (Fsp3) is 0.933. The Balaban J connectivity index is 1.78. The molecule has 3 heteroatoms. The Morgan fingerprint density at radius 1 is 1.17 bits per heavy atom. The first-order valence-corrected chi connectivity index (χ1v) is 7.63. The molecular weight excluding hydrogens is 226 g/mol. The van der Waals surface area contributed by atoms with Crippen molar-refractivity contribution in [2.75, 3.05) is 6.54 Å². The molecule has 0 aromatic carbocycles. The summed E-state index contributed by atoms with van der Waals surface area (Å²) in [6, 6.07) is 0.630. The summed E-state index contributed by atoms with van der Waals surface area (Å²) < 4.78 is 0. The third-order valence-electron chi connectivity index (χ3n) is 4.83. The lowest BCUT2D eigenvalue weighted by molar-refractivity contribution is -0.144. The third kappa shape index (κ3) is 3.71. The Morgan fingerprint density at radius 3 is 2.67 bits per heavy atom. The van der Waals surface area contributed by atoms with Crippen molar-refractivity contribution in [3.8, 4) is 0 Å². The second-order valence-electron chi connectivity index (χ2n) is 6.37. The number of carbonyl (C=O) groups is 1. The molecule has 2 rings (SSSR count). The van der Waals surface area contributed by atoms with Crippen LogP contribution in [0.4, 0.5) is 0 Å². The SMILES string of the molecule is CC1CCCC(NCC2CCCCC2C(=O)O)C1. The molecule has 0 heterocycles. The minimum Gasteiger partial charge on any atom is -0.481 e. The van der Waals surface area contributed by atoms with Crippen molar-refractivity contribution >= 4 is 5.97 Å². The second kappa shape index (κ2) is 6.55. The molecule has 2 aliphatic carbocycles. The Hall–Kier alpha value is -0.570. The van der Waals surface area contributed by atoms with Gasteiger partial charge in [0.05, 0.1) is 5.92 Å². The molecule has 18 heavy (non-hydrogen) atoms. The van der Waals surface area contributed by atoms with E-state index in [-0.39, 0.29) is 5.92 Å². The lowest BCUT2D eigenvalue weighted by Gasteiger charge is -2.33. The van der Waals surface area contributed by atoms with Gasteiger partial charge in [-0.25, -0.2) is 0 Å². The molecule has 2 aliphatic rings. The zero-order valence-corrected chi connectivity index (χ0v) is 11.5. The van der Waals surface area contributed by atoms with Crippen LogP contribution in [0, 0.1) is 17.8 Å². The van der Waals surface area contributed by atoms with E-state index in [1.54, 1.807) is 0 Å². The Labute approximate surface area is 110 Å². The van der Waals surface area contributed by atoms with Gasteiger partial charge in [0.1, 0.15) is 0 Å². The monoisotopic (exact) mass is 253 g/mol. The van der Waals surface area contributed by atoms with Crippen molar-refractivity contribution < 1.29 is 9.90 Å². The second-order valence-corrected chi connectivity index (χ2v) is 6.37. The molecule has 0 aliphatic heterocycles. The number of hydrogen-bond donors (Lipinski definition) is 2. The highest BCUT2D eigenvalue weighted by Gasteiger charge is 2.31. The van der Waals surface area contributed by atoms with E-state index >= 15 is 0 Å². The predicted molar refractivity (Wildman–Crippen MR) is 72.5 cm³/mol. The molecule has 104 valence electrons. The maximum atomic E-state index is 11.2. The van der Waals surface area contributed by atoms with E-state index in [0.717, 1.165) is 31.7 Å². The Morgan fingerprint density at radius 2 is 1.94 bits per heavy atom. The largest absolute Gasteiger partial charge is 0.481 e. The molecule has 0 saturated heterocycles. The quantitative estimate of drug-likeness (QED) is 0.809. The zero-order chi connectivity index (χ0) is 13.0. The summed E-state index contributed by atoms with van der Waals surface area (Å²) in [7, 11) is 0. The summed E-state index contributed by atoms with van der Waals surface area (Å²) in [5.41, 5.74) is 0. The van der Waals surface area contributed by atoms with Crippen molar-refractivity contribution in [2.45, 2.75) is 64.3 Å². The molecule has 2 saturated carbocycles. The number of aliphatic carboxylic acids is 1. The first kappa shape index (κ1) is 13.9. The van der Waals surface area contributed by atoms with Gasteiger partial charge in [-0.2, -0.15) is 0 Å². The zero-order valence-electron chi connectivity index (χ0n) is 11.5. The van der Waals surface area contributed by atoms with Gasteiger partial charge in [-0.3, -0.25) is 4.79 Å². The van der Waals surface area contributed by atoms with E-state index in [1.165, 1.54) is 32.1 Å². The van der Waals surface area contributed by atoms with Gasteiger partial charge in [0, 0.05) is 6.04 Å². The van der Waals surface area contributed by atoms with Crippen LogP contribution in [0.1, 0.15) is 58.3 Å². The number of rotatable bonds is 4. The standard InChI is InChI=1S/C15H27NO2/c1-11-5-4-7-13(9-11)16-10-12-6-2-3-8-14(12)15(17)18/h11-14,16H,2-10H2,1H3,(H,17,18). The van der Waals surface area contributed by atoms with Gasteiger partial charge in [-0.1, -0.05) is 32.6 Å². The fourth-order valence-electron chi connectivity index (χ4n) is 3.71. The minimum absolute atomic E-state index is 0.104. The van der Waals surface area contributed by atoms with Crippen LogP contribution in [0.15, 0.2) is 0 Å². The number of hydrogen-bond acceptors (Lipinski definition) is 2. The summed E-state index contributed by atoms with van der Waals surface area (Å²) >= 11 is 0.